The number of hydrogen-bond acceptors (Lipinski definition) is 2. The first kappa shape index (κ1) is 11.5. The molecule has 82 valence electrons. The number of aliphatic carboxylic acids is 1. The summed E-state index contributed by atoms with van der Waals surface area (Å²) in [6.07, 6.45) is -1.03. The van der Waals surface area contributed by atoms with Gasteiger partial charge in [0.1, 0.15) is 0 Å². The molecular weight excluding hydrogens is 199 g/mol. The van der Waals surface area contributed by atoms with Crippen LogP contribution in [0.3, 0.4) is 0 Å². The summed E-state index contributed by atoms with van der Waals surface area (Å²) >= 11 is 0. The van der Waals surface area contributed by atoms with Crippen LogP contribution in [0, 0.1) is 11.7 Å². The van der Waals surface area contributed by atoms with Crippen molar-refractivity contribution in [1.29, 1.82) is 0 Å². The van der Waals surface area contributed by atoms with Crippen molar-refractivity contribution in [3.05, 3.63) is 30.1 Å². The minimum atomic E-state index is -1.09. The molecule has 4 heteroatoms. The van der Waals surface area contributed by atoms with Crippen LogP contribution in [0.5, 0.6) is 5.75 Å². The van der Waals surface area contributed by atoms with Gasteiger partial charge in [-0.1, -0.05) is 26.0 Å². The van der Waals surface area contributed by atoms with E-state index in [0.717, 1.165) is 0 Å². The molecule has 0 heterocycles. The first-order valence-electron chi connectivity index (χ1n) is 4.66. The number of rotatable bonds is 4. The molecule has 0 bridgehead atoms. The van der Waals surface area contributed by atoms with Gasteiger partial charge in [0.2, 0.25) is 0 Å². The number of ether oxygens (including phenoxy) is 1. The first-order chi connectivity index (χ1) is 7.02. The number of para-hydroxylation sites is 1. The molecule has 0 aliphatic heterocycles. The van der Waals surface area contributed by atoms with Crippen LogP contribution in [0.25, 0.3) is 0 Å². The fourth-order valence-corrected chi connectivity index (χ4v) is 1.15. The first-order valence-corrected chi connectivity index (χ1v) is 4.66. The topological polar surface area (TPSA) is 46.5 Å². The predicted octanol–water partition coefficient (Wildman–Crippen LogP) is 2.31. The van der Waals surface area contributed by atoms with Gasteiger partial charge >= 0.3 is 5.97 Å². The quantitative estimate of drug-likeness (QED) is 0.833. The van der Waals surface area contributed by atoms with Crippen molar-refractivity contribution in [3.8, 4) is 5.75 Å². The molecule has 1 atom stereocenters. The number of carboxylic acids is 1. The lowest BCUT2D eigenvalue weighted by molar-refractivity contribution is -0.147. The van der Waals surface area contributed by atoms with Crippen molar-refractivity contribution in [2.45, 2.75) is 20.0 Å². The number of halogens is 1. The lowest BCUT2D eigenvalue weighted by atomic mass is 10.1. The van der Waals surface area contributed by atoms with Crippen LogP contribution in [0.2, 0.25) is 0 Å². The van der Waals surface area contributed by atoms with Crippen LogP contribution in [-0.4, -0.2) is 17.2 Å². The molecule has 0 saturated heterocycles. The van der Waals surface area contributed by atoms with Crippen LogP contribution in [0.4, 0.5) is 4.39 Å². The summed E-state index contributed by atoms with van der Waals surface area (Å²) in [6.45, 7) is 3.42. The lowest BCUT2D eigenvalue weighted by Gasteiger charge is -2.18. The van der Waals surface area contributed by atoms with E-state index in [0.29, 0.717) is 0 Å². The van der Waals surface area contributed by atoms with E-state index in [4.69, 9.17) is 9.84 Å². The van der Waals surface area contributed by atoms with Crippen LogP contribution < -0.4 is 4.74 Å². The van der Waals surface area contributed by atoms with Gasteiger partial charge in [0.15, 0.2) is 17.7 Å². The van der Waals surface area contributed by atoms with E-state index in [1.54, 1.807) is 19.9 Å². The number of carboxylic acid groups (broad SMARTS) is 1. The maximum Gasteiger partial charge on any atom is 0.345 e. The van der Waals surface area contributed by atoms with Crippen molar-refractivity contribution in [2.24, 2.45) is 5.92 Å². The molecule has 0 radical (unpaired) electrons. The Hall–Kier alpha value is -1.58. The van der Waals surface area contributed by atoms with Crippen molar-refractivity contribution in [3.63, 3.8) is 0 Å². The average Bonchev–Trinajstić information content (AvgIpc) is 2.15. The third kappa shape index (κ3) is 2.94. The molecule has 0 aliphatic carbocycles. The van der Waals surface area contributed by atoms with E-state index >= 15 is 0 Å². The Balaban J connectivity index is 2.84. The molecule has 15 heavy (non-hydrogen) atoms. The fraction of sp³-hybridized carbons (Fsp3) is 0.364. The van der Waals surface area contributed by atoms with Crippen LogP contribution >= 0.6 is 0 Å². The Kier molecular flexibility index (Phi) is 3.66. The van der Waals surface area contributed by atoms with Crippen molar-refractivity contribution in [1.82, 2.24) is 0 Å². The molecular formula is C11H13FO3. The second-order valence-electron chi connectivity index (χ2n) is 3.55. The minimum absolute atomic E-state index is 0.0291. The van der Waals surface area contributed by atoms with Gasteiger partial charge in [0, 0.05) is 5.92 Å². The Morgan fingerprint density at radius 2 is 2.00 bits per heavy atom. The molecule has 3 nitrogen and oxygen atoms in total. The second-order valence-corrected chi connectivity index (χ2v) is 3.55. The lowest BCUT2D eigenvalue weighted by Crippen LogP contribution is -2.32. The SMILES string of the molecule is CC(C)C(Oc1ccccc1F)C(=O)O. The minimum Gasteiger partial charge on any atom is -0.478 e. The van der Waals surface area contributed by atoms with E-state index in [1.807, 2.05) is 0 Å². The fourth-order valence-electron chi connectivity index (χ4n) is 1.15. The molecule has 1 unspecified atom stereocenters. The second kappa shape index (κ2) is 4.77. The highest BCUT2D eigenvalue weighted by molar-refractivity contribution is 5.73. The largest absolute Gasteiger partial charge is 0.478 e. The maximum atomic E-state index is 13.2. The summed E-state index contributed by atoms with van der Waals surface area (Å²) in [5.74, 6) is -1.89. The molecule has 0 aromatic heterocycles. The Labute approximate surface area is 87.5 Å². The van der Waals surface area contributed by atoms with E-state index in [-0.39, 0.29) is 11.7 Å². The highest BCUT2D eigenvalue weighted by Crippen LogP contribution is 2.19. The van der Waals surface area contributed by atoms with E-state index < -0.39 is 17.9 Å². The summed E-state index contributed by atoms with van der Waals surface area (Å²) in [5, 5.41) is 8.85. The molecule has 0 aliphatic rings. The van der Waals surface area contributed by atoms with Crippen LogP contribution in [-0.2, 0) is 4.79 Å². The Bertz CT molecular complexity index is 349. The Morgan fingerprint density at radius 3 is 2.47 bits per heavy atom. The highest BCUT2D eigenvalue weighted by Gasteiger charge is 2.24. The smallest absolute Gasteiger partial charge is 0.345 e. The summed E-state index contributed by atoms with van der Waals surface area (Å²) in [4.78, 5) is 10.8. The zero-order valence-electron chi connectivity index (χ0n) is 8.61. The van der Waals surface area contributed by atoms with E-state index in [1.165, 1.54) is 18.2 Å². The van der Waals surface area contributed by atoms with Gasteiger partial charge < -0.3 is 9.84 Å². The average molecular weight is 212 g/mol. The van der Waals surface area contributed by atoms with E-state index in [9.17, 15) is 9.18 Å². The highest BCUT2D eigenvalue weighted by atomic mass is 19.1. The monoisotopic (exact) mass is 212 g/mol. The van der Waals surface area contributed by atoms with Gasteiger partial charge in [0.05, 0.1) is 0 Å². The zero-order chi connectivity index (χ0) is 11.4. The van der Waals surface area contributed by atoms with E-state index in [2.05, 4.69) is 0 Å². The third-order valence-electron chi connectivity index (χ3n) is 1.94. The van der Waals surface area contributed by atoms with Gasteiger partial charge in [-0.2, -0.15) is 0 Å². The maximum absolute atomic E-state index is 13.2. The molecule has 0 amide bonds. The summed E-state index contributed by atoms with van der Waals surface area (Å²) in [5.41, 5.74) is 0. The van der Waals surface area contributed by atoms with Gasteiger partial charge in [-0.05, 0) is 12.1 Å². The van der Waals surface area contributed by atoms with Gasteiger partial charge in [-0.3, -0.25) is 0 Å². The summed E-state index contributed by atoms with van der Waals surface area (Å²) < 4.78 is 18.3. The molecule has 0 saturated carbocycles. The molecule has 1 N–H and O–H groups in total. The molecule has 1 aromatic rings. The number of hydrogen-bond donors (Lipinski definition) is 1. The van der Waals surface area contributed by atoms with Gasteiger partial charge in [-0.25, -0.2) is 9.18 Å². The van der Waals surface area contributed by atoms with Gasteiger partial charge in [-0.15, -0.1) is 0 Å². The zero-order valence-corrected chi connectivity index (χ0v) is 8.61. The van der Waals surface area contributed by atoms with Crippen molar-refractivity contribution >= 4 is 5.97 Å². The van der Waals surface area contributed by atoms with Crippen LogP contribution in [0.15, 0.2) is 24.3 Å². The van der Waals surface area contributed by atoms with Crippen molar-refractivity contribution < 1.29 is 19.0 Å². The molecule has 0 fully saturated rings. The van der Waals surface area contributed by atoms with Gasteiger partial charge in [0.25, 0.3) is 0 Å². The third-order valence-corrected chi connectivity index (χ3v) is 1.94. The van der Waals surface area contributed by atoms with Crippen LogP contribution in [0.1, 0.15) is 13.8 Å². The number of benzene rings is 1. The molecule has 0 spiro atoms. The summed E-state index contributed by atoms with van der Waals surface area (Å²) in [6, 6.07) is 5.76. The molecule has 1 aromatic carbocycles. The van der Waals surface area contributed by atoms with Crippen molar-refractivity contribution in [2.75, 3.05) is 0 Å². The number of carbonyl (C=O) groups is 1. The molecule has 1 rings (SSSR count). The Morgan fingerprint density at radius 1 is 1.40 bits per heavy atom. The predicted molar refractivity (Wildman–Crippen MR) is 53.3 cm³/mol. The summed E-state index contributed by atoms with van der Waals surface area (Å²) in [7, 11) is 0. The normalized spacial score (nSPS) is 12.5. The standard InChI is InChI=1S/C11H13FO3/c1-7(2)10(11(13)14)15-9-6-4-3-5-8(9)12/h3-7,10H,1-2H3,(H,13,14).